The van der Waals surface area contributed by atoms with Crippen LogP contribution in [0.4, 0.5) is 0 Å². The average Bonchev–Trinajstić information content (AvgIpc) is 2.42. The Bertz CT molecular complexity index is 553. The van der Waals surface area contributed by atoms with Gasteiger partial charge in [-0.25, -0.2) is 4.79 Å². The van der Waals surface area contributed by atoms with Gasteiger partial charge in [-0.2, -0.15) is 0 Å². The van der Waals surface area contributed by atoms with E-state index >= 15 is 0 Å². The number of hydrogen-bond acceptors (Lipinski definition) is 3. The summed E-state index contributed by atoms with van der Waals surface area (Å²) in [6, 6.07) is 5.48. The molecule has 0 bridgehead atoms. The molecule has 1 atom stereocenters. The molecular formula is C14H14ClNO5. The van der Waals surface area contributed by atoms with E-state index in [0.29, 0.717) is 5.02 Å². The summed E-state index contributed by atoms with van der Waals surface area (Å²) >= 11 is 5.72. The van der Waals surface area contributed by atoms with Gasteiger partial charge >= 0.3 is 11.9 Å². The van der Waals surface area contributed by atoms with Gasteiger partial charge in [-0.15, -0.1) is 0 Å². The second kappa shape index (κ2) is 8.06. The highest BCUT2D eigenvalue weighted by Crippen LogP contribution is 2.10. The zero-order valence-corrected chi connectivity index (χ0v) is 11.7. The van der Waals surface area contributed by atoms with Crippen molar-refractivity contribution in [3.05, 3.63) is 40.9 Å². The summed E-state index contributed by atoms with van der Waals surface area (Å²) < 4.78 is 0. The van der Waals surface area contributed by atoms with Crippen molar-refractivity contribution < 1.29 is 24.6 Å². The Morgan fingerprint density at radius 3 is 2.33 bits per heavy atom. The van der Waals surface area contributed by atoms with Crippen LogP contribution in [-0.2, 0) is 14.4 Å². The van der Waals surface area contributed by atoms with Crippen LogP contribution < -0.4 is 5.32 Å². The molecule has 0 aromatic heterocycles. The van der Waals surface area contributed by atoms with E-state index in [-0.39, 0.29) is 12.8 Å². The number of benzene rings is 1. The van der Waals surface area contributed by atoms with Crippen LogP contribution in [0.1, 0.15) is 18.4 Å². The lowest BCUT2D eigenvalue weighted by molar-refractivity contribution is -0.142. The summed E-state index contributed by atoms with van der Waals surface area (Å²) in [7, 11) is 0. The summed E-state index contributed by atoms with van der Waals surface area (Å²) in [4.78, 5) is 32.9. The molecule has 6 nitrogen and oxygen atoms in total. The molecule has 1 aromatic carbocycles. The Hall–Kier alpha value is -2.34. The quantitative estimate of drug-likeness (QED) is 0.666. The molecule has 112 valence electrons. The first-order valence-corrected chi connectivity index (χ1v) is 6.45. The molecule has 0 radical (unpaired) electrons. The fraction of sp³-hybridized carbons (Fsp3) is 0.214. The molecular weight excluding hydrogens is 298 g/mol. The fourth-order valence-corrected chi connectivity index (χ4v) is 1.62. The van der Waals surface area contributed by atoms with Gasteiger partial charge < -0.3 is 15.5 Å². The molecule has 0 heterocycles. The molecule has 0 unspecified atom stereocenters. The Morgan fingerprint density at radius 1 is 1.19 bits per heavy atom. The number of amides is 1. The van der Waals surface area contributed by atoms with Crippen LogP contribution in [0.25, 0.3) is 6.08 Å². The summed E-state index contributed by atoms with van der Waals surface area (Å²) in [5.41, 5.74) is 0.729. The highest BCUT2D eigenvalue weighted by Gasteiger charge is 2.19. The molecule has 1 amide bonds. The molecule has 0 aliphatic rings. The number of carbonyl (C=O) groups excluding carboxylic acids is 1. The summed E-state index contributed by atoms with van der Waals surface area (Å²) in [6.07, 6.45) is 2.17. The van der Waals surface area contributed by atoms with E-state index in [2.05, 4.69) is 5.32 Å². The second-order valence-corrected chi connectivity index (χ2v) is 4.65. The second-order valence-electron chi connectivity index (χ2n) is 4.22. The first-order chi connectivity index (χ1) is 9.88. The van der Waals surface area contributed by atoms with E-state index < -0.39 is 23.9 Å². The van der Waals surface area contributed by atoms with Crippen molar-refractivity contribution in [2.24, 2.45) is 0 Å². The summed E-state index contributed by atoms with van der Waals surface area (Å²) in [5.74, 6) is -3.00. The zero-order chi connectivity index (χ0) is 15.8. The number of carbonyl (C=O) groups is 3. The Balaban J connectivity index is 2.59. The summed E-state index contributed by atoms with van der Waals surface area (Å²) in [6.45, 7) is 0. The van der Waals surface area contributed by atoms with Gasteiger partial charge in [-0.1, -0.05) is 23.7 Å². The van der Waals surface area contributed by atoms with Gasteiger partial charge in [-0.3, -0.25) is 9.59 Å². The monoisotopic (exact) mass is 311 g/mol. The van der Waals surface area contributed by atoms with E-state index in [1.807, 2.05) is 0 Å². The highest BCUT2D eigenvalue weighted by atomic mass is 35.5. The van der Waals surface area contributed by atoms with Crippen LogP contribution in [0.3, 0.4) is 0 Å². The van der Waals surface area contributed by atoms with E-state index in [0.717, 1.165) is 5.56 Å². The standard InChI is InChI=1S/C14H14ClNO5/c15-10-4-1-9(2-5-10)3-7-12(17)16-11(14(20)21)6-8-13(18)19/h1-5,7,11H,6,8H2,(H,16,17)(H,18,19)(H,20,21)/b7-3+/t11-/m0/s1. The highest BCUT2D eigenvalue weighted by molar-refractivity contribution is 6.30. The third kappa shape index (κ3) is 6.58. The lowest BCUT2D eigenvalue weighted by atomic mass is 10.1. The summed E-state index contributed by atoms with van der Waals surface area (Å²) in [5, 5.41) is 20.2. The molecule has 0 spiro atoms. The van der Waals surface area contributed by atoms with Crippen molar-refractivity contribution in [2.75, 3.05) is 0 Å². The predicted octanol–water partition coefficient (Wildman–Crippen LogP) is 1.79. The maximum atomic E-state index is 11.6. The number of carboxylic acid groups (broad SMARTS) is 2. The molecule has 0 aliphatic heterocycles. The van der Waals surface area contributed by atoms with Crippen LogP contribution in [0.5, 0.6) is 0 Å². The average molecular weight is 312 g/mol. The molecule has 1 aromatic rings. The third-order valence-corrected chi connectivity index (χ3v) is 2.81. The molecule has 7 heteroatoms. The minimum absolute atomic E-state index is 0.175. The number of aliphatic carboxylic acids is 2. The Morgan fingerprint density at radius 2 is 1.81 bits per heavy atom. The molecule has 1 rings (SSSR count). The maximum Gasteiger partial charge on any atom is 0.326 e. The Labute approximate surface area is 126 Å². The van der Waals surface area contributed by atoms with Crippen molar-refractivity contribution in [1.29, 1.82) is 0 Å². The largest absolute Gasteiger partial charge is 0.481 e. The lowest BCUT2D eigenvalue weighted by Gasteiger charge is -2.11. The van der Waals surface area contributed by atoms with Crippen LogP contribution in [0.2, 0.25) is 5.02 Å². The van der Waals surface area contributed by atoms with Crippen molar-refractivity contribution in [3.63, 3.8) is 0 Å². The molecule has 21 heavy (non-hydrogen) atoms. The smallest absolute Gasteiger partial charge is 0.326 e. The van der Waals surface area contributed by atoms with Crippen molar-refractivity contribution >= 4 is 35.5 Å². The Kier molecular flexibility index (Phi) is 6.42. The number of hydrogen-bond donors (Lipinski definition) is 3. The lowest BCUT2D eigenvalue weighted by Crippen LogP contribution is -2.40. The van der Waals surface area contributed by atoms with Gasteiger partial charge in [-0.05, 0) is 30.2 Å². The zero-order valence-electron chi connectivity index (χ0n) is 11.0. The van der Waals surface area contributed by atoms with Gasteiger partial charge in [0.2, 0.25) is 5.91 Å². The van der Waals surface area contributed by atoms with Crippen LogP contribution in [0.15, 0.2) is 30.3 Å². The van der Waals surface area contributed by atoms with Gasteiger partial charge in [0.25, 0.3) is 0 Å². The SMILES string of the molecule is O=C(O)CC[C@H](NC(=O)/C=C/c1ccc(Cl)cc1)C(=O)O. The minimum atomic E-state index is -1.27. The fourth-order valence-electron chi connectivity index (χ4n) is 1.49. The molecule has 0 saturated carbocycles. The number of nitrogens with one attached hydrogen (secondary N) is 1. The van der Waals surface area contributed by atoms with Crippen LogP contribution >= 0.6 is 11.6 Å². The van der Waals surface area contributed by atoms with E-state index in [9.17, 15) is 14.4 Å². The third-order valence-electron chi connectivity index (χ3n) is 2.56. The van der Waals surface area contributed by atoms with E-state index in [1.54, 1.807) is 24.3 Å². The molecule has 0 saturated heterocycles. The van der Waals surface area contributed by atoms with Gasteiger partial charge in [0, 0.05) is 17.5 Å². The van der Waals surface area contributed by atoms with Gasteiger partial charge in [0.1, 0.15) is 6.04 Å². The number of carboxylic acids is 2. The van der Waals surface area contributed by atoms with E-state index in [4.69, 9.17) is 21.8 Å². The number of rotatable bonds is 7. The first kappa shape index (κ1) is 16.7. The van der Waals surface area contributed by atoms with Crippen molar-refractivity contribution in [3.8, 4) is 0 Å². The minimum Gasteiger partial charge on any atom is -0.481 e. The van der Waals surface area contributed by atoms with Crippen LogP contribution in [-0.4, -0.2) is 34.1 Å². The predicted molar refractivity (Wildman–Crippen MR) is 76.9 cm³/mol. The number of halogens is 1. The molecule has 0 fully saturated rings. The normalized spacial score (nSPS) is 12.0. The van der Waals surface area contributed by atoms with E-state index in [1.165, 1.54) is 12.2 Å². The van der Waals surface area contributed by atoms with Crippen molar-refractivity contribution in [2.45, 2.75) is 18.9 Å². The molecule has 0 aliphatic carbocycles. The van der Waals surface area contributed by atoms with Crippen molar-refractivity contribution in [1.82, 2.24) is 5.32 Å². The maximum absolute atomic E-state index is 11.6. The van der Waals surface area contributed by atoms with Gasteiger partial charge in [0.05, 0.1) is 0 Å². The topological polar surface area (TPSA) is 104 Å². The van der Waals surface area contributed by atoms with Crippen LogP contribution in [0, 0.1) is 0 Å². The van der Waals surface area contributed by atoms with Gasteiger partial charge in [0.15, 0.2) is 0 Å². The molecule has 3 N–H and O–H groups in total. The first-order valence-electron chi connectivity index (χ1n) is 6.07.